The number of aromatic hydroxyl groups is 1. The first-order chi connectivity index (χ1) is 13.6. The molecule has 0 saturated heterocycles. The van der Waals surface area contributed by atoms with Crippen LogP contribution in [0.15, 0.2) is 53.2 Å². The van der Waals surface area contributed by atoms with E-state index < -0.39 is 0 Å². The first-order valence-electron chi connectivity index (χ1n) is 9.41. The van der Waals surface area contributed by atoms with Gasteiger partial charge in [-0.15, -0.1) is 0 Å². The molecule has 0 amide bonds. The highest BCUT2D eigenvalue weighted by Crippen LogP contribution is 2.38. The molecule has 1 unspecified atom stereocenters. The third-order valence-corrected chi connectivity index (χ3v) is 5.09. The van der Waals surface area contributed by atoms with Gasteiger partial charge in [-0.25, -0.2) is 4.98 Å². The van der Waals surface area contributed by atoms with E-state index in [-0.39, 0.29) is 5.75 Å². The first kappa shape index (κ1) is 18.0. The van der Waals surface area contributed by atoms with E-state index in [9.17, 15) is 5.11 Å². The van der Waals surface area contributed by atoms with Crippen LogP contribution in [0.3, 0.4) is 0 Å². The molecular formula is C23H23N3O2. The zero-order chi connectivity index (χ0) is 19.7. The van der Waals surface area contributed by atoms with Crippen molar-refractivity contribution in [2.24, 2.45) is 5.92 Å². The molecule has 0 fully saturated rings. The van der Waals surface area contributed by atoms with Crippen LogP contribution in [0.25, 0.3) is 28.8 Å². The molecular weight excluding hydrogens is 350 g/mol. The number of phenolic OH excluding ortho intramolecular Hbond substituents is 1. The standard InChI is InChI=1S/C23H23N3O2/c1-14(2)18-6-3-15-11-16(4-7-19(15)18)21-13-28-23(26-21)17-5-8-20(22(27)12-17)25-10-9-24/h3-9,11-14,18,24-25,27H,10H2,1-2H3. The van der Waals surface area contributed by atoms with E-state index in [1.54, 1.807) is 18.4 Å². The van der Waals surface area contributed by atoms with E-state index in [0.29, 0.717) is 35.5 Å². The molecule has 3 N–H and O–H groups in total. The number of benzene rings is 2. The largest absolute Gasteiger partial charge is 0.506 e. The van der Waals surface area contributed by atoms with Crippen LogP contribution < -0.4 is 5.32 Å². The summed E-state index contributed by atoms with van der Waals surface area (Å²) in [6.07, 6.45) is 7.34. The lowest BCUT2D eigenvalue weighted by Crippen LogP contribution is -2.01. The van der Waals surface area contributed by atoms with E-state index in [0.717, 1.165) is 11.3 Å². The van der Waals surface area contributed by atoms with E-state index in [1.807, 2.05) is 6.07 Å². The Labute approximate surface area is 164 Å². The van der Waals surface area contributed by atoms with Gasteiger partial charge in [-0.1, -0.05) is 38.1 Å². The average molecular weight is 373 g/mol. The lowest BCUT2D eigenvalue weighted by molar-refractivity contribution is 0.477. The van der Waals surface area contributed by atoms with Crippen LogP contribution in [0.4, 0.5) is 5.69 Å². The van der Waals surface area contributed by atoms with Crippen LogP contribution >= 0.6 is 0 Å². The van der Waals surface area contributed by atoms with E-state index in [1.165, 1.54) is 17.3 Å². The Kier molecular flexibility index (Phi) is 4.74. The van der Waals surface area contributed by atoms with Crippen LogP contribution in [0.5, 0.6) is 5.75 Å². The van der Waals surface area contributed by atoms with Crippen molar-refractivity contribution in [2.45, 2.75) is 19.8 Å². The number of allylic oxidation sites excluding steroid dienone is 1. The number of nitrogens with zero attached hydrogens (tertiary/aromatic N) is 1. The zero-order valence-corrected chi connectivity index (χ0v) is 15.9. The van der Waals surface area contributed by atoms with Crippen LogP contribution in [-0.4, -0.2) is 22.8 Å². The molecule has 1 aliphatic carbocycles. The molecule has 1 aliphatic rings. The minimum Gasteiger partial charge on any atom is -0.506 e. The molecule has 142 valence electrons. The number of hydrogen-bond donors (Lipinski definition) is 3. The molecule has 28 heavy (non-hydrogen) atoms. The Hall–Kier alpha value is -3.34. The summed E-state index contributed by atoms with van der Waals surface area (Å²) >= 11 is 0. The summed E-state index contributed by atoms with van der Waals surface area (Å²) in [5, 5.41) is 20.2. The Morgan fingerprint density at radius 3 is 2.79 bits per heavy atom. The number of oxazole rings is 1. The average Bonchev–Trinajstić information content (AvgIpc) is 3.33. The number of fused-ring (bicyclic) bond motifs is 1. The summed E-state index contributed by atoms with van der Waals surface area (Å²) < 4.78 is 5.66. The third kappa shape index (κ3) is 3.31. The van der Waals surface area contributed by atoms with E-state index >= 15 is 0 Å². The number of phenols is 1. The fraction of sp³-hybridized carbons (Fsp3) is 0.217. The van der Waals surface area contributed by atoms with Gasteiger partial charge in [0.25, 0.3) is 0 Å². The van der Waals surface area contributed by atoms with Crippen molar-refractivity contribution in [3.8, 4) is 28.5 Å². The maximum Gasteiger partial charge on any atom is 0.226 e. The molecule has 2 aromatic carbocycles. The van der Waals surface area contributed by atoms with Crippen molar-refractivity contribution in [3.63, 3.8) is 0 Å². The van der Waals surface area contributed by atoms with Gasteiger partial charge >= 0.3 is 0 Å². The fourth-order valence-electron chi connectivity index (χ4n) is 3.59. The maximum absolute atomic E-state index is 10.2. The van der Waals surface area contributed by atoms with Gasteiger partial charge < -0.3 is 20.2 Å². The van der Waals surface area contributed by atoms with Crippen molar-refractivity contribution in [2.75, 3.05) is 11.9 Å². The summed E-state index contributed by atoms with van der Waals surface area (Å²) in [6.45, 7) is 4.84. The minimum absolute atomic E-state index is 0.0986. The SMILES string of the molecule is CC(C)C1C=Cc2cc(-c3coc(-c4ccc(NCC=N)c(O)c4)n3)ccc21. The molecule has 1 heterocycles. The summed E-state index contributed by atoms with van der Waals surface area (Å²) in [5.74, 6) is 1.60. The summed E-state index contributed by atoms with van der Waals surface area (Å²) in [4.78, 5) is 4.60. The molecule has 5 nitrogen and oxygen atoms in total. The maximum atomic E-state index is 10.2. The summed E-state index contributed by atoms with van der Waals surface area (Å²) in [5.41, 5.74) is 5.65. The number of hydrogen-bond acceptors (Lipinski definition) is 5. The van der Waals surface area contributed by atoms with Crippen molar-refractivity contribution in [3.05, 3.63) is 59.9 Å². The van der Waals surface area contributed by atoms with Gasteiger partial charge in [-0.05, 0) is 41.3 Å². The van der Waals surface area contributed by atoms with Gasteiger partial charge in [0.05, 0.1) is 5.69 Å². The summed E-state index contributed by atoms with van der Waals surface area (Å²) in [7, 11) is 0. The highest BCUT2D eigenvalue weighted by molar-refractivity contribution is 5.73. The van der Waals surface area contributed by atoms with E-state index in [2.05, 4.69) is 54.5 Å². The Morgan fingerprint density at radius 2 is 2.04 bits per heavy atom. The molecule has 0 aliphatic heterocycles. The second-order valence-electron chi connectivity index (χ2n) is 7.33. The van der Waals surface area contributed by atoms with Crippen LogP contribution in [-0.2, 0) is 0 Å². The fourth-order valence-corrected chi connectivity index (χ4v) is 3.59. The van der Waals surface area contributed by atoms with E-state index in [4.69, 9.17) is 9.83 Å². The van der Waals surface area contributed by atoms with Gasteiger partial charge in [-0.2, -0.15) is 0 Å². The summed E-state index contributed by atoms with van der Waals surface area (Å²) in [6, 6.07) is 11.6. The van der Waals surface area contributed by atoms with Gasteiger partial charge in [0.1, 0.15) is 17.7 Å². The topological polar surface area (TPSA) is 82.1 Å². The number of nitrogens with one attached hydrogen (secondary N) is 2. The van der Waals surface area contributed by atoms with Crippen molar-refractivity contribution in [1.82, 2.24) is 4.98 Å². The third-order valence-electron chi connectivity index (χ3n) is 5.09. The lowest BCUT2D eigenvalue weighted by atomic mass is 9.89. The lowest BCUT2D eigenvalue weighted by Gasteiger charge is -2.15. The highest BCUT2D eigenvalue weighted by atomic mass is 16.3. The van der Waals surface area contributed by atoms with Crippen LogP contribution in [0, 0.1) is 11.3 Å². The molecule has 1 atom stereocenters. The predicted molar refractivity (Wildman–Crippen MR) is 113 cm³/mol. The quantitative estimate of drug-likeness (QED) is 0.391. The normalized spacial score (nSPS) is 15.0. The molecule has 0 radical (unpaired) electrons. The van der Waals surface area contributed by atoms with Crippen LogP contribution in [0.2, 0.25) is 0 Å². The van der Waals surface area contributed by atoms with Crippen molar-refractivity contribution in [1.29, 1.82) is 5.41 Å². The molecule has 0 spiro atoms. The Morgan fingerprint density at radius 1 is 1.21 bits per heavy atom. The second kappa shape index (κ2) is 7.35. The smallest absolute Gasteiger partial charge is 0.226 e. The molecule has 5 heteroatoms. The van der Waals surface area contributed by atoms with Crippen molar-refractivity contribution < 1.29 is 9.52 Å². The highest BCUT2D eigenvalue weighted by Gasteiger charge is 2.21. The predicted octanol–water partition coefficient (Wildman–Crippen LogP) is 5.54. The van der Waals surface area contributed by atoms with Gasteiger partial charge in [-0.3, -0.25) is 0 Å². The molecule has 1 aromatic heterocycles. The number of aromatic nitrogens is 1. The van der Waals surface area contributed by atoms with Crippen molar-refractivity contribution >= 4 is 18.0 Å². The monoisotopic (exact) mass is 373 g/mol. The molecule has 0 bridgehead atoms. The first-order valence-corrected chi connectivity index (χ1v) is 9.41. The Balaban J connectivity index is 1.59. The molecule has 0 saturated carbocycles. The van der Waals surface area contributed by atoms with Gasteiger partial charge in [0.15, 0.2) is 0 Å². The van der Waals surface area contributed by atoms with Gasteiger partial charge in [0, 0.05) is 29.8 Å². The van der Waals surface area contributed by atoms with Crippen LogP contribution in [0.1, 0.15) is 30.9 Å². The second-order valence-corrected chi connectivity index (χ2v) is 7.33. The van der Waals surface area contributed by atoms with Gasteiger partial charge in [0.2, 0.25) is 5.89 Å². The molecule has 3 aromatic rings. The number of anilines is 1. The molecule has 4 rings (SSSR count). The number of rotatable bonds is 6. The Bertz CT molecular complexity index is 1050. The zero-order valence-electron chi connectivity index (χ0n) is 15.9. The minimum atomic E-state index is 0.0986.